The second kappa shape index (κ2) is 18.3. The van der Waals surface area contributed by atoms with E-state index in [9.17, 15) is 0 Å². The third kappa shape index (κ3) is 11.6. The Morgan fingerprint density at radius 3 is 1.13 bits per heavy atom. The van der Waals surface area contributed by atoms with Crippen LogP contribution >= 0.6 is 0 Å². The summed E-state index contributed by atoms with van der Waals surface area (Å²) in [6.45, 7) is 8.02. The molecule has 0 amide bonds. The molecule has 0 bridgehead atoms. The lowest BCUT2D eigenvalue weighted by Crippen LogP contribution is -2.08. The average molecular weight is 618 g/mol. The van der Waals surface area contributed by atoms with E-state index in [1.807, 2.05) is 67.6 Å². The maximum Gasteiger partial charge on any atom is 0.247 e. The van der Waals surface area contributed by atoms with Crippen LogP contribution in [0.25, 0.3) is 22.6 Å². The van der Waals surface area contributed by atoms with Crippen molar-refractivity contribution in [2.75, 3.05) is 11.9 Å². The Balaban J connectivity index is 0.000000145. The Kier molecular flexibility index (Phi) is 13.3. The van der Waals surface area contributed by atoms with Crippen molar-refractivity contribution < 1.29 is 4.42 Å². The fraction of sp³-hybridized carbons (Fsp3) is 0.116. The SMILES string of the molecule is CN(c1ccccc1)c1ccccc1.Cc1ccc(-c2ccccc2)cc1.Cc1ccc(-c2nnc(C)o2)cc1.Cc1ccccc1. The van der Waals surface area contributed by atoms with Gasteiger partial charge in [-0.2, -0.15) is 0 Å². The zero-order valence-electron chi connectivity index (χ0n) is 27.9. The van der Waals surface area contributed by atoms with Gasteiger partial charge < -0.3 is 9.32 Å². The Bertz CT molecular complexity index is 1800. The van der Waals surface area contributed by atoms with E-state index in [2.05, 4.69) is 145 Å². The Labute approximate surface area is 280 Å². The summed E-state index contributed by atoms with van der Waals surface area (Å²) in [5, 5.41) is 7.70. The maximum atomic E-state index is 5.29. The number of aryl methyl sites for hydroxylation is 4. The fourth-order valence-electron chi connectivity index (χ4n) is 4.47. The van der Waals surface area contributed by atoms with Crippen molar-refractivity contribution in [3.05, 3.63) is 192 Å². The molecular weight excluding hydrogens is 574 g/mol. The molecule has 4 nitrogen and oxygen atoms in total. The monoisotopic (exact) mass is 617 g/mol. The normalized spacial score (nSPS) is 9.81. The molecule has 0 fully saturated rings. The van der Waals surface area contributed by atoms with Crippen LogP contribution in [0.5, 0.6) is 0 Å². The molecule has 0 saturated carbocycles. The molecule has 0 aliphatic carbocycles. The van der Waals surface area contributed by atoms with E-state index in [0.29, 0.717) is 11.8 Å². The molecule has 1 aromatic heterocycles. The highest BCUT2D eigenvalue weighted by Gasteiger charge is 2.04. The molecule has 0 N–H and O–H groups in total. The van der Waals surface area contributed by atoms with E-state index in [0.717, 1.165) is 5.56 Å². The predicted octanol–water partition coefficient (Wildman–Crippen LogP) is 11.5. The summed E-state index contributed by atoms with van der Waals surface area (Å²) in [7, 11) is 2.07. The van der Waals surface area contributed by atoms with Crippen LogP contribution in [0.2, 0.25) is 0 Å². The molecule has 0 unspecified atom stereocenters. The van der Waals surface area contributed by atoms with Crippen LogP contribution in [0.1, 0.15) is 22.6 Å². The van der Waals surface area contributed by atoms with E-state index in [1.54, 1.807) is 6.92 Å². The van der Waals surface area contributed by atoms with Gasteiger partial charge in [-0.25, -0.2) is 0 Å². The Hall–Kier alpha value is -5.74. The molecule has 47 heavy (non-hydrogen) atoms. The molecule has 236 valence electrons. The number of hydrogen-bond donors (Lipinski definition) is 0. The number of aromatic nitrogens is 2. The van der Waals surface area contributed by atoms with Gasteiger partial charge in [0, 0.05) is 30.9 Å². The van der Waals surface area contributed by atoms with Crippen LogP contribution in [0, 0.1) is 27.7 Å². The first-order valence-corrected chi connectivity index (χ1v) is 15.7. The van der Waals surface area contributed by atoms with Gasteiger partial charge >= 0.3 is 0 Å². The number of nitrogens with zero attached hydrogens (tertiary/aromatic N) is 3. The topological polar surface area (TPSA) is 42.2 Å². The summed E-state index contributed by atoms with van der Waals surface area (Å²) in [5.41, 5.74) is 9.79. The van der Waals surface area contributed by atoms with E-state index in [1.165, 1.54) is 39.2 Å². The summed E-state index contributed by atoms with van der Waals surface area (Å²) in [6, 6.07) is 58.0. The van der Waals surface area contributed by atoms with Gasteiger partial charge in [-0.15, -0.1) is 10.2 Å². The second-order valence-electron chi connectivity index (χ2n) is 11.1. The van der Waals surface area contributed by atoms with Gasteiger partial charge in [-0.1, -0.05) is 150 Å². The van der Waals surface area contributed by atoms with Crippen LogP contribution in [0.3, 0.4) is 0 Å². The third-order valence-corrected chi connectivity index (χ3v) is 7.21. The molecule has 0 atom stereocenters. The van der Waals surface area contributed by atoms with E-state index in [4.69, 9.17) is 4.42 Å². The van der Waals surface area contributed by atoms with Crippen molar-refractivity contribution in [3.63, 3.8) is 0 Å². The lowest BCUT2D eigenvalue weighted by Gasteiger charge is -2.18. The summed E-state index contributed by atoms with van der Waals surface area (Å²) < 4.78 is 5.29. The van der Waals surface area contributed by atoms with Gasteiger partial charge in [-0.05, 0) is 68.3 Å². The van der Waals surface area contributed by atoms with Crippen LogP contribution < -0.4 is 4.90 Å². The first-order valence-electron chi connectivity index (χ1n) is 15.7. The summed E-state index contributed by atoms with van der Waals surface area (Å²) in [4.78, 5) is 2.17. The van der Waals surface area contributed by atoms with Crippen molar-refractivity contribution in [2.24, 2.45) is 0 Å². The largest absolute Gasteiger partial charge is 0.421 e. The van der Waals surface area contributed by atoms with Crippen molar-refractivity contribution in [1.82, 2.24) is 10.2 Å². The van der Waals surface area contributed by atoms with Gasteiger partial charge in [-0.3, -0.25) is 0 Å². The molecule has 0 radical (unpaired) electrons. The van der Waals surface area contributed by atoms with Crippen LogP contribution in [-0.4, -0.2) is 17.2 Å². The van der Waals surface area contributed by atoms with Gasteiger partial charge in [0.1, 0.15) is 0 Å². The minimum atomic E-state index is 0.581. The molecule has 6 aromatic carbocycles. The number of rotatable bonds is 4. The molecule has 7 aromatic rings. The van der Waals surface area contributed by atoms with E-state index in [-0.39, 0.29) is 0 Å². The maximum absolute atomic E-state index is 5.29. The smallest absolute Gasteiger partial charge is 0.247 e. The van der Waals surface area contributed by atoms with Gasteiger partial charge in [0.25, 0.3) is 0 Å². The Morgan fingerprint density at radius 2 is 0.745 bits per heavy atom. The van der Waals surface area contributed by atoms with Crippen molar-refractivity contribution >= 4 is 11.4 Å². The number of benzene rings is 6. The highest BCUT2D eigenvalue weighted by atomic mass is 16.4. The molecule has 0 spiro atoms. The lowest BCUT2D eigenvalue weighted by molar-refractivity contribution is 0.533. The minimum Gasteiger partial charge on any atom is -0.421 e. The molecular formula is C43H43N3O. The van der Waals surface area contributed by atoms with E-state index < -0.39 is 0 Å². The molecule has 0 aliphatic rings. The predicted molar refractivity (Wildman–Crippen MR) is 198 cm³/mol. The van der Waals surface area contributed by atoms with Crippen molar-refractivity contribution in [3.8, 4) is 22.6 Å². The zero-order valence-corrected chi connectivity index (χ0v) is 27.9. The first-order chi connectivity index (χ1) is 22.9. The second-order valence-corrected chi connectivity index (χ2v) is 11.1. The summed E-state index contributed by atoms with van der Waals surface area (Å²) in [6.07, 6.45) is 0. The van der Waals surface area contributed by atoms with E-state index >= 15 is 0 Å². The highest BCUT2D eigenvalue weighted by molar-refractivity contribution is 5.63. The fourth-order valence-corrected chi connectivity index (χ4v) is 4.47. The third-order valence-electron chi connectivity index (χ3n) is 7.21. The van der Waals surface area contributed by atoms with Gasteiger partial charge in [0.05, 0.1) is 0 Å². The number of anilines is 2. The average Bonchev–Trinajstić information content (AvgIpc) is 3.57. The summed E-state index contributed by atoms with van der Waals surface area (Å²) >= 11 is 0. The van der Waals surface area contributed by atoms with Gasteiger partial charge in [0.2, 0.25) is 11.8 Å². The molecule has 0 saturated heterocycles. The van der Waals surface area contributed by atoms with Crippen LogP contribution in [0.4, 0.5) is 11.4 Å². The minimum absolute atomic E-state index is 0.581. The van der Waals surface area contributed by atoms with Crippen molar-refractivity contribution in [2.45, 2.75) is 27.7 Å². The molecule has 1 heterocycles. The highest BCUT2D eigenvalue weighted by Crippen LogP contribution is 2.22. The number of hydrogen-bond acceptors (Lipinski definition) is 4. The first kappa shape index (κ1) is 34.1. The quantitative estimate of drug-likeness (QED) is 0.197. The standard InChI is InChI=1S/C13H13N.C13H12.C10H10N2O.C7H8/c1-14(12-8-4-2-5-9-12)13-10-6-3-7-11-13;1-11-7-9-13(10-8-11)12-5-3-2-4-6-12;1-7-3-5-9(6-4-7)10-12-11-8(2)13-10;1-7-5-3-2-4-6-7/h2-11H,1H3;2-10H,1H3;3-6H,1-2H3;2-6H,1H3. The molecule has 4 heteroatoms. The lowest BCUT2D eigenvalue weighted by atomic mass is 10.0. The number of para-hydroxylation sites is 2. The van der Waals surface area contributed by atoms with Gasteiger partial charge in [0.15, 0.2) is 0 Å². The van der Waals surface area contributed by atoms with Crippen LogP contribution in [0.15, 0.2) is 174 Å². The molecule has 7 rings (SSSR count). The Morgan fingerprint density at radius 1 is 0.383 bits per heavy atom. The van der Waals surface area contributed by atoms with Crippen molar-refractivity contribution in [1.29, 1.82) is 0 Å². The summed E-state index contributed by atoms with van der Waals surface area (Å²) in [5.74, 6) is 1.17. The van der Waals surface area contributed by atoms with Crippen LogP contribution in [-0.2, 0) is 0 Å². The molecule has 0 aliphatic heterocycles. The zero-order chi connectivity index (χ0) is 33.3.